The van der Waals surface area contributed by atoms with Crippen LogP contribution in [0.4, 0.5) is 5.82 Å². The number of rotatable bonds is 6. The van der Waals surface area contributed by atoms with Crippen molar-refractivity contribution >= 4 is 5.82 Å². The maximum absolute atomic E-state index is 6.03. The van der Waals surface area contributed by atoms with Crippen molar-refractivity contribution in [1.29, 1.82) is 0 Å². The van der Waals surface area contributed by atoms with Gasteiger partial charge in [-0.1, -0.05) is 25.1 Å². The average molecular weight is 286 g/mol. The van der Waals surface area contributed by atoms with E-state index >= 15 is 0 Å². The fourth-order valence-electron chi connectivity index (χ4n) is 2.69. The number of benzene rings is 1. The van der Waals surface area contributed by atoms with E-state index in [0.717, 1.165) is 36.6 Å². The van der Waals surface area contributed by atoms with Gasteiger partial charge >= 0.3 is 0 Å². The number of aromatic nitrogens is 2. The SMILES string of the molecule is CCCN(C)c1c(CC(C)N)c(C)nn1-c1ccccc1. The van der Waals surface area contributed by atoms with Gasteiger partial charge in [-0.15, -0.1) is 0 Å². The fraction of sp³-hybridized carbons (Fsp3) is 0.471. The summed E-state index contributed by atoms with van der Waals surface area (Å²) in [6.07, 6.45) is 1.95. The lowest BCUT2D eigenvalue weighted by atomic mass is 10.1. The minimum atomic E-state index is 0.130. The predicted molar refractivity (Wildman–Crippen MR) is 89.2 cm³/mol. The summed E-state index contributed by atoms with van der Waals surface area (Å²) >= 11 is 0. The van der Waals surface area contributed by atoms with Crippen molar-refractivity contribution in [1.82, 2.24) is 9.78 Å². The van der Waals surface area contributed by atoms with Crippen molar-refractivity contribution < 1.29 is 0 Å². The van der Waals surface area contributed by atoms with Crippen LogP contribution in [0.3, 0.4) is 0 Å². The maximum atomic E-state index is 6.03. The first-order valence-electron chi connectivity index (χ1n) is 7.65. The third-order valence-corrected chi connectivity index (χ3v) is 3.60. The van der Waals surface area contributed by atoms with Crippen molar-refractivity contribution in [2.75, 3.05) is 18.5 Å². The van der Waals surface area contributed by atoms with E-state index < -0.39 is 0 Å². The first-order chi connectivity index (χ1) is 10.0. The molecule has 2 aromatic rings. The molecule has 0 fully saturated rings. The summed E-state index contributed by atoms with van der Waals surface area (Å²) in [5.41, 5.74) is 9.44. The molecule has 4 nitrogen and oxygen atoms in total. The first kappa shape index (κ1) is 15.6. The fourth-order valence-corrected chi connectivity index (χ4v) is 2.69. The molecule has 1 unspecified atom stereocenters. The highest BCUT2D eigenvalue weighted by molar-refractivity contribution is 5.55. The Labute approximate surface area is 127 Å². The lowest BCUT2D eigenvalue weighted by Crippen LogP contribution is -2.24. The summed E-state index contributed by atoms with van der Waals surface area (Å²) in [6.45, 7) is 7.31. The van der Waals surface area contributed by atoms with E-state index in [1.54, 1.807) is 0 Å². The van der Waals surface area contributed by atoms with Crippen molar-refractivity contribution in [2.24, 2.45) is 5.73 Å². The number of nitrogens with zero attached hydrogens (tertiary/aromatic N) is 3. The molecule has 4 heteroatoms. The zero-order valence-electron chi connectivity index (χ0n) is 13.5. The molecule has 0 saturated heterocycles. The van der Waals surface area contributed by atoms with E-state index in [1.165, 1.54) is 5.56 Å². The minimum Gasteiger partial charge on any atom is -0.359 e. The topological polar surface area (TPSA) is 47.1 Å². The lowest BCUT2D eigenvalue weighted by molar-refractivity contribution is 0.727. The second-order valence-corrected chi connectivity index (χ2v) is 5.74. The van der Waals surface area contributed by atoms with Crippen LogP contribution in [-0.2, 0) is 6.42 Å². The number of aryl methyl sites for hydroxylation is 1. The molecule has 1 atom stereocenters. The highest BCUT2D eigenvalue weighted by Gasteiger charge is 2.20. The van der Waals surface area contributed by atoms with E-state index in [4.69, 9.17) is 10.8 Å². The molecule has 2 rings (SSSR count). The third-order valence-electron chi connectivity index (χ3n) is 3.60. The Morgan fingerprint density at radius 1 is 1.29 bits per heavy atom. The van der Waals surface area contributed by atoms with Crippen LogP contribution in [0, 0.1) is 6.92 Å². The lowest BCUT2D eigenvalue weighted by Gasteiger charge is -2.22. The summed E-state index contributed by atoms with van der Waals surface area (Å²) in [5.74, 6) is 1.16. The number of anilines is 1. The Hall–Kier alpha value is -1.81. The van der Waals surface area contributed by atoms with Crippen LogP contribution in [0.1, 0.15) is 31.5 Å². The van der Waals surface area contributed by atoms with Crippen molar-refractivity contribution in [3.63, 3.8) is 0 Å². The summed E-state index contributed by atoms with van der Waals surface area (Å²) < 4.78 is 2.04. The summed E-state index contributed by atoms with van der Waals surface area (Å²) in [4.78, 5) is 2.28. The number of hydrogen-bond donors (Lipinski definition) is 1. The van der Waals surface area contributed by atoms with Gasteiger partial charge in [0, 0.05) is 25.2 Å². The molecule has 0 amide bonds. The van der Waals surface area contributed by atoms with Gasteiger partial charge in [0.05, 0.1) is 11.4 Å². The second-order valence-electron chi connectivity index (χ2n) is 5.74. The Kier molecular flexibility index (Phi) is 5.02. The van der Waals surface area contributed by atoms with E-state index in [1.807, 2.05) is 29.8 Å². The van der Waals surface area contributed by atoms with Crippen LogP contribution in [-0.4, -0.2) is 29.4 Å². The Morgan fingerprint density at radius 2 is 1.95 bits per heavy atom. The average Bonchev–Trinajstić information content (AvgIpc) is 2.77. The zero-order valence-corrected chi connectivity index (χ0v) is 13.5. The molecule has 2 N–H and O–H groups in total. The van der Waals surface area contributed by atoms with Crippen molar-refractivity contribution in [3.05, 3.63) is 41.6 Å². The molecule has 0 saturated carbocycles. The standard InChI is InChI=1S/C17H26N4/c1-5-11-20(4)17-16(12-13(2)18)14(3)19-21(17)15-9-7-6-8-10-15/h6-10,13H,5,11-12,18H2,1-4H3. The predicted octanol–water partition coefficient (Wildman–Crippen LogP) is 2.92. The summed E-state index contributed by atoms with van der Waals surface area (Å²) in [6, 6.07) is 10.4. The van der Waals surface area contributed by atoms with Crippen LogP contribution >= 0.6 is 0 Å². The Balaban J connectivity index is 2.54. The van der Waals surface area contributed by atoms with Gasteiger partial charge in [-0.05, 0) is 38.8 Å². The van der Waals surface area contributed by atoms with Gasteiger partial charge in [-0.25, -0.2) is 4.68 Å². The molecule has 1 aromatic heterocycles. The van der Waals surface area contributed by atoms with Gasteiger partial charge in [0.1, 0.15) is 5.82 Å². The molecule has 0 aliphatic heterocycles. The monoisotopic (exact) mass is 286 g/mol. The number of para-hydroxylation sites is 1. The van der Waals surface area contributed by atoms with Crippen LogP contribution in [0.25, 0.3) is 5.69 Å². The van der Waals surface area contributed by atoms with Gasteiger partial charge in [0.25, 0.3) is 0 Å². The quantitative estimate of drug-likeness (QED) is 0.888. The van der Waals surface area contributed by atoms with Crippen LogP contribution in [0.5, 0.6) is 0 Å². The van der Waals surface area contributed by atoms with Gasteiger partial charge in [-0.3, -0.25) is 0 Å². The minimum absolute atomic E-state index is 0.130. The molecule has 0 bridgehead atoms. The molecule has 0 radical (unpaired) electrons. The molecule has 114 valence electrons. The van der Waals surface area contributed by atoms with E-state index in [2.05, 4.69) is 37.9 Å². The van der Waals surface area contributed by atoms with Crippen LogP contribution < -0.4 is 10.6 Å². The van der Waals surface area contributed by atoms with Gasteiger partial charge in [0.15, 0.2) is 0 Å². The molecule has 1 aromatic carbocycles. The molecule has 1 heterocycles. The van der Waals surface area contributed by atoms with Gasteiger partial charge in [0.2, 0.25) is 0 Å². The normalized spacial score (nSPS) is 12.4. The number of hydrogen-bond acceptors (Lipinski definition) is 3. The smallest absolute Gasteiger partial charge is 0.135 e. The third kappa shape index (κ3) is 3.45. The van der Waals surface area contributed by atoms with Crippen molar-refractivity contribution in [2.45, 2.75) is 39.7 Å². The van der Waals surface area contributed by atoms with Crippen molar-refractivity contribution in [3.8, 4) is 5.69 Å². The Bertz CT molecular complexity index is 572. The first-order valence-corrected chi connectivity index (χ1v) is 7.65. The molecule has 0 spiro atoms. The molecule has 21 heavy (non-hydrogen) atoms. The van der Waals surface area contributed by atoms with E-state index in [9.17, 15) is 0 Å². The maximum Gasteiger partial charge on any atom is 0.135 e. The largest absolute Gasteiger partial charge is 0.359 e. The highest BCUT2D eigenvalue weighted by Crippen LogP contribution is 2.27. The van der Waals surface area contributed by atoms with Gasteiger partial charge < -0.3 is 10.6 Å². The molecular formula is C17H26N4. The molecule has 0 aliphatic rings. The zero-order chi connectivity index (χ0) is 15.4. The van der Waals surface area contributed by atoms with Crippen LogP contribution in [0.15, 0.2) is 30.3 Å². The summed E-state index contributed by atoms with van der Waals surface area (Å²) in [5, 5.41) is 4.76. The van der Waals surface area contributed by atoms with Crippen LogP contribution in [0.2, 0.25) is 0 Å². The summed E-state index contributed by atoms with van der Waals surface area (Å²) in [7, 11) is 2.13. The second kappa shape index (κ2) is 6.76. The number of nitrogens with two attached hydrogens (primary N) is 1. The van der Waals surface area contributed by atoms with E-state index in [0.29, 0.717) is 0 Å². The highest BCUT2D eigenvalue weighted by atomic mass is 15.4. The van der Waals surface area contributed by atoms with E-state index in [-0.39, 0.29) is 6.04 Å². The Morgan fingerprint density at radius 3 is 2.52 bits per heavy atom. The van der Waals surface area contributed by atoms with Gasteiger partial charge in [-0.2, -0.15) is 5.10 Å². The molecule has 0 aliphatic carbocycles. The molecular weight excluding hydrogens is 260 g/mol.